The first-order valence-corrected chi connectivity index (χ1v) is 10.6. The molecule has 0 bridgehead atoms. The van der Waals surface area contributed by atoms with Crippen LogP contribution in [0.15, 0.2) is 59.4 Å². The zero-order valence-electron chi connectivity index (χ0n) is 17.5. The van der Waals surface area contributed by atoms with Crippen LogP contribution in [0.3, 0.4) is 0 Å². The Hall–Kier alpha value is -2.99. The number of benzene rings is 2. The third-order valence-corrected chi connectivity index (χ3v) is 5.85. The number of nitrogens with one attached hydrogen (secondary N) is 1. The van der Waals surface area contributed by atoms with Gasteiger partial charge in [-0.1, -0.05) is 48.5 Å². The Labute approximate surface area is 176 Å². The third kappa shape index (κ3) is 4.28. The summed E-state index contributed by atoms with van der Waals surface area (Å²) in [6.45, 7) is 6.68. The highest BCUT2D eigenvalue weighted by Crippen LogP contribution is 2.17. The van der Waals surface area contributed by atoms with Gasteiger partial charge in [0.2, 0.25) is 0 Å². The van der Waals surface area contributed by atoms with Crippen molar-refractivity contribution < 1.29 is 4.79 Å². The molecule has 6 nitrogen and oxygen atoms in total. The molecule has 2 heterocycles. The fraction of sp³-hybridized carbons (Fsp3) is 0.375. The van der Waals surface area contributed by atoms with Crippen molar-refractivity contribution in [2.75, 3.05) is 13.1 Å². The second kappa shape index (κ2) is 8.79. The van der Waals surface area contributed by atoms with Crippen LogP contribution in [0.5, 0.6) is 0 Å². The van der Waals surface area contributed by atoms with Crippen molar-refractivity contribution in [3.63, 3.8) is 0 Å². The van der Waals surface area contributed by atoms with Gasteiger partial charge in [0, 0.05) is 30.6 Å². The lowest BCUT2D eigenvalue weighted by Crippen LogP contribution is -2.47. The fourth-order valence-electron chi connectivity index (χ4n) is 4.08. The topological polar surface area (TPSA) is 67.2 Å². The maximum absolute atomic E-state index is 13.2. The number of hydrogen-bond donors (Lipinski definition) is 1. The summed E-state index contributed by atoms with van der Waals surface area (Å²) in [5.41, 5.74) is 1.10. The van der Waals surface area contributed by atoms with Crippen LogP contribution < -0.4 is 10.9 Å². The van der Waals surface area contributed by atoms with E-state index < -0.39 is 0 Å². The second-order valence-corrected chi connectivity index (χ2v) is 8.22. The van der Waals surface area contributed by atoms with Crippen molar-refractivity contribution in [2.24, 2.45) is 0 Å². The minimum absolute atomic E-state index is 0.127. The van der Waals surface area contributed by atoms with Crippen LogP contribution in [0.2, 0.25) is 0 Å². The first-order chi connectivity index (χ1) is 14.5. The molecule has 1 aliphatic heterocycles. The molecule has 0 saturated carbocycles. The van der Waals surface area contributed by atoms with Crippen molar-refractivity contribution >= 4 is 16.7 Å². The Morgan fingerprint density at radius 1 is 1.03 bits per heavy atom. The van der Waals surface area contributed by atoms with Gasteiger partial charge in [-0.05, 0) is 38.3 Å². The molecule has 30 heavy (non-hydrogen) atoms. The van der Waals surface area contributed by atoms with Gasteiger partial charge in [0.1, 0.15) is 0 Å². The molecule has 1 amide bonds. The SMILES string of the molecule is CC(C)N1CCC(NC(=O)c2nn(Cc3ccccc3)c(=O)c3ccccc23)CC1. The lowest BCUT2D eigenvalue weighted by molar-refractivity contribution is 0.0895. The first kappa shape index (κ1) is 20.3. The van der Waals surface area contributed by atoms with Crippen LogP contribution in [-0.2, 0) is 6.54 Å². The number of aromatic nitrogens is 2. The molecule has 0 spiro atoms. The van der Waals surface area contributed by atoms with E-state index in [4.69, 9.17) is 0 Å². The van der Waals surface area contributed by atoms with Gasteiger partial charge in [-0.2, -0.15) is 5.10 Å². The summed E-state index contributed by atoms with van der Waals surface area (Å²) in [4.78, 5) is 28.5. The van der Waals surface area contributed by atoms with Crippen molar-refractivity contribution in [3.05, 3.63) is 76.2 Å². The molecule has 0 atom stereocenters. The Morgan fingerprint density at radius 2 is 1.67 bits per heavy atom. The number of nitrogens with zero attached hydrogens (tertiary/aromatic N) is 3. The quantitative estimate of drug-likeness (QED) is 0.710. The number of carbonyl (C=O) groups excluding carboxylic acids is 1. The van der Waals surface area contributed by atoms with E-state index in [0.717, 1.165) is 31.5 Å². The Bertz CT molecular complexity index is 1080. The van der Waals surface area contributed by atoms with Crippen LogP contribution in [-0.4, -0.2) is 45.8 Å². The molecule has 0 unspecified atom stereocenters. The van der Waals surface area contributed by atoms with Gasteiger partial charge in [-0.25, -0.2) is 4.68 Å². The molecule has 1 aliphatic rings. The molecule has 3 aromatic rings. The molecule has 6 heteroatoms. The molecular weight excluding hydrogens is 376 g/mol. The van der Waals surface area contributed by atoms with Crippen LogP contribution in [0.4, 0.5) is 0 Å². The summed E-state index contributed by atoms with van der Waals surface area (Å²) in [6, 6.07) is 17.6. The minimum Gasteiger partial charge on any atom is -0.348 e. The van der Waals surface area contributed by atoms with Crippen LogP contribution in [0, 0.1) is 0 Å². The fourth-order valence-corrected chi connectivity index (χ4v) is 4.08. The summed E-state index contributed by atoms with van der Waals surface area (Å²) in [6.07, 6.45) is 1.84. The Morgan fingerprint density at radius 3 is 2.33 bits per heavy atom. The van der Waals surface area contributed by atoms with E-state index in [1.54, 1.807) is 12.1 Å². The van der Waals surface area contributed by atoms with Gasteiger partial charge < -0.3 is 10.2 Å². The van der Waals surface area contributed by atoms with E-state index in [-0.39, 0.29) is 17.5 Å². The highest BCUT2D eigenvalue weighted by Gasteiger charge is 2.24. The number of amides is 1. The van der Waals surface area contributed by atoms with E-state index in [9.17, 15) is 9.59 Å². The normalized spacial score (nSPS) is 15.6. The maximum atomic E-state index is 13.2. The van der Waals surface area contributed by atoms with Gasteiger partial charge in [-0.3, -0.25) is 9.59 Å². The average Bonchev–Trinajstić information content (AvgIpc) is 2.77. The molecule has 4 rings (SSSR count). The Balaban J connectivity index is 1.62. The Kier molecular flexibility index (Phi) is 5.95. The van der Waals surface area contributed by atoms with Crippen molar-refractivity contribution in [1.82, 2.24) is 20.0 Å². The molecule has 156 valence electrons. The zero-order valence-corrected chi connectivity index (χ0v) is 17.5. The molecule has 0 aliphatic carbocycles. The largest absolute Gasteiger partial charge is 0.348 e. The smallest absolute Gasteiger partial charge is 0.274 e. The van der Waals surface area contributed by atoms with Crippen LogP contribution in [0.1, 0.15) is 42.7 Å². The summed E-state index contributed by atoms with van der Waals surface area (Å²) in [7, 11) is 0. The molecule has 0 radical (unpaired) electrons. The summed E-state index contributed by atoms with van der Waals surface area (Å²) in [5.74, 6) is -0.212. The number of carbonyl (C=O) groups is 1. The van der Waals surface area contributed by atoms with Crippen molar-refractivity contribution in [1.29, 1.82) is 0 Å². The lowest BCUT2D eigenvalue weighted by atomic mass is 10.0. The van der Waals surface area contributed by atoms with Crippen molar-refractivity contribution in [2.45, 2.75) is 45.3 Å². The number of likely N-dealkylation sites (tertiary alicyclic amines) is 1. The number of fused-ring (bicyclic) bond motifs is 1. The minimum atomic E-state index is -0.212. The van der Waals surface area contributed by atoms with Gasteiger partial charge in [0.05, 0.1) is 11.9 Å². The summed E-state index contributed by atoms with van der Waals surface area (Å²) >= 11 is 0. The summed E-state index contributed by atoms with van der Waals surface area (Å²) < 4.78 is 1.40. The molecule has 1 aromatic heterocycles. The van der Waals surface area contributed by atoms with E-state index >= 15 is 0 Å². The number of rotatable bonds is 5. The van der Waals surface area contributed by atoms with E-state index in [2.05, 4.69) is 29.2 Å². The van der Waals surface area contributed by atoms with E-state index in [1.165, 1.54) is 4.68 Å². The van der Waals surface area contributed by atoms with Gasteiger partial charge >= 0.3 is 0 Å². The second-order valence-electron chi connectivity index (χ2n) is 8.22. The lowest BCUT2D eigenvalue weighted by Gasteiger charge is -2.34. The van der Waals surface area contributed by atoms with E-state index in [0.29, 0.717) is 29.1 Å². The zero-order chi connectivity index (χ0) is 21.1. The molecule has 1 saturated heterocycles. The molecule has 2 aromatic carbocycles. The predicted molar refractivity (Wildman–Crippen MR) is 119 cm³/mol. The maximum Gasteiger partial charge on any atom is 0.274 e. The van der Waals surface area contributed by atoms with Gasteiger partial charge in [-0.15, -0.1) is 0 Å². The monoisotopic (exact) mass is 404 g/mol. The van der Waals surface area contributed by atoms with Gasteiger partial charge in [0.25, 0.3) is 11.5 Å². The standard InChI is InChI=1S/C24H28N4O2/c1-17(2)27-14-12-19(13-15-27)25-23(29)22-20-10-6-7-11-21(20)24(30)28(26-22)16-18-8-4-3-5-9-18/h3-11,17,19H,12-16H2,1-2H3,(H,25,29). The van der Waals surface area contributed by atoms with E-state index in [1.807, 2.05) is 42.5 Å². The molecule has 1 N–H and O–H groups in total. The molecular formula is C24H28N4O2. The van der Waals surface area contributed by atoms with Gasteiger partial charge in [0.15, 0.2) is 5.69 Å². The first-order valence-electron chi connectivity index (χ1n) is 10.6. The molecule has 1 fully saturated rings. The number of piperidine rings is 1. The highest BCUT2D eigenvalue weighted by molar-refractivity contribution is 6.04. The van der Waals surface area contributed by atoms with Crippen LogP contribution in [0.25, 0.3) is 10.8 Å². The predicted octanol–water partition coefficient (Wildman–Crippen LogP) is 3.05. The summed E-state index contributed by atoms with van der Waals surface area (Å²) in [5, 5.41) is 8.76. The van der Waals surface area contributed by atoms with Crippen molar-refractivity contribution in [3.8, 4) is 0 Å². The number of hydrogen-bond acceptors (Lipinski definition) is 4. The average molecular weight is 405 g/mol. The highest BCUT2D eigenvalue weighted by atomic mass is 16.2. The third-order valence-electron chi connectivity index (χ3n) is 5.85. The van der Waals surface area contributed by atoms with Crippen LogP contribution >= 0.6 is 0 Å².